The molecule has 0 spiro atoms. The maximum Gasteiger partial charge on any atom is 0.408 e. The summed E-state index contributed by atoms with van der Waals surface area (Å²) in [5.74, 6) is -0.437. The molecule has 1 aromatic carbocycles. The molecule has 1 aliphatic rings. The second-order valence-electron chi connectivity index (χ2n) is 11.0. The summed E-state index contributed by atoms with van der Waals surface area (Å²) < 4.78 is 5.30. The number of amides is 3. The van der Waals surface area contributed by atoms with Gasteiger partial charge in [-0.25, -0.2) is 4.79 Å². The van der Waals surface area contributed by atoms with Crippen molar-refractivity contribution in [1.82, 2.24) is 15.5 Å². The number of benzene rings is 1. The van der Waals surface area contributed by atoms with E-state index in [1.54, 1.807) is 25.7 Å². The first-order valence-corrected chi connectivity index (χ1v) is 13.7. The standard InChI is InChI=1S/C29H47N3O4/c1-6-7-8-9-13-19-32(25(33)21-30-28(35)36-29(3,4)5)26(23-16-14-15-22(2)20-23)27(34)31-24-17-11-10-12-18-24/h14-16,20,24,26H,6-13,17-19,21H2,1-5H3,(H,30,35)(H,31,34). The van der Waals surface area contributed by atoms with Gasteiger partial charge in [0.2, 0.25) is 11.8 Å². The lowest BCUT2D eigenvalue weighted by Crippen LogP contribution is -2.50. The van der Waals surface area contributed by atoms with Gasteiger partial charge < -0.3 is 20.3 Å². The molecular weight excluding hydrogens is 454 g/mol. The summed E-state index contributed by atoms with van der Waals surface area (Å²) in [5, 5.41) is 5.82. The van der Waals surface area contributed by atoms with Crippen molar-refractivity contribution >= 4 is 17.9 Å². The molecule has 1 saturated carbocycles. The van der Waals surface area contributed by atoms with E-state index in [2.05, 4.69) is 17.6 Å². The van der Waals surface area contributed by atoms with Crippen LogP contribution in [0, 0.1) is 6.92 Å². The van der Waals surface area contributed by atoms with Gasteiger partial charge in [-0.2, -0.15) is 0 Å². The van der Waals surface area contributed by atoms with Gasteiger partial charge in [-0.3, -0.25) is 9.59 Å². The summed E-state index contributed by atoms with van der Waals surface area (Å²) in [7, 11) is 0. The highest BCUT2D eigenvalue weighted by atomic mass is 16.6. The maximum absolute atomic E-state index is 13.7. The number of rotatable bonds is 12. The quantitative estimate of drug-likeness (QED) is 0.354. The summed E-state index contributed by atoms with van der Waals surface area (Å²) in [6, 6.07) is 7.20. The Morgan fingerprint density at radius 3 is 2.39 bits per heavy atom. The zero-order valence-corrected chi connectivity index (χ0v) is 23.0. The van der Waals surface area contributed by atoms with E-state index in [-0.39, 0.29) is 24.4 Å². The third kappa shape index (κ3) is 10.6. The Balaban J connectivity index is 2.26. The average molecular weight is 502 g/mol. The smallest absolute Gasteiger partial charge is 0.408 e. The molecule has 1 fully saturated rings. The van der Waals surface area contributed by atoms with E-state index < -0.39 is 17.7 Å². The van der Waals surface area contributed by atoms with Gasteiger partial charge >= 0.3 is 6.09 Å². The van der Waals surface area contributed by atoms with Crippen molar-refractivity contribution < 1.29 is 19.1 Å². The Kier molecular flexibility index (Phi) is 12.2. The largest absolute Gasteiger partial charge is 0.444 e. The number of hydrogen-bond donors (Lipinski definition) is 2. The molecule has 7 nitrogen and oxygen atoms in total. The van der Waals surface area contributed by atoms with Crippen molar-refractivity contribution in [3.8, 4) is 0 Å². The fourth-order valence-electron chi connectivity index (χ4n) is 4.69. The van der Waals surface area contributed by atoms with Crippen molar-refractivity contribution in [1.29, 1.82) is 0 Å². The summed E-state index contributed by atoms with van der Waals surface area (Å²) in [5.41, 5.74) is 1.17. The normalized spacial score (nSPS) is 15.1. The van der Waals surface area contributed by atoms with Gasteiger partial charge in [0.25, 0.3) is 0 Å². The van der Waals surface area contributed by atoms with Crippen LogP contribution in [0.25, 0.3) is 0 Å². The Labute approximate surface area is 217 Å². The topological polar surface area (TPSA) is 87.7 Å². The van der Waals surface area contributed by atoms with Crippen LogP contribution in [-0.2, 0) is 14.3 Å². The first kappa shape index (κ1) is 29.7. The summed E-state index contributed by atoms with van der Waals surface area (Å²) in [6.45, 7) is 9.72. The number of carbonyl (C=O) groups is 3. The number of unbranched alkanes of at least 4 members (excludes halogenated alkanes) is 4. The number of alkyl carbamates (subject to hydrolysis) is 1. The Bertz CT molecular complexity index is 843. The monoisotopic (exact) mass is 501 g/mol. The van der Waals surface area contributed by atoms with Crippen LogP contribution in [0.5, 0.6) is 0 Å². The van der Waals surface area contributed by atoms with E-state index in [1.807, 2.05) is 31.2 Å². The van der Waals surface area contributed by atoms with E-state index >= 15 is 0 Å². The van der Waals surface area contributed by atoms with Crippen LogP contribution in [-0.4, -0.2) is 47.5 Å². The van der Waals surface area contributed by atoms with Gasteiger partial charge in [-0.15, -0.1) is 0 Å². The molecule has 36 heavy (non-hydrogen) atoms. The average Bonchev–Trinajstić information content (AvgIpc) is 2.81. The summed E-state index contributed by atoms with van der Waals surface area (Å²) in [6.07, 6.45) is 9.89. The molecule has 7 heteroatoms. The zero-order chi connectivity index (χ0) is 26.6. The minimum atomic E-state index is -0.745. The molecule has 0 heterocycles. The third-order valence-corrected chi connectivity index (χ3v) is 6.48. The fourth-order valence-corrected chi connectivity index (χ4v) is 4.69. The van der Waals surface area contributed by atoms with Crippen molar-refractivity contribution in [2.75, 3.05) is 13.1 Å². The second-order valence-corrected chi connectivity index (χ2v) is 11.0. The Morgan fingerprint density at radius 1 is 1.06 bits per heavy atom. The number of hydrogen-bond acceptors (Lipinski definition) is 4. The minimum Gasteiger partial charge on any atom is -0.444 e. The van der Waals surface area contributed by atoms with Gasteiger partial charge in [0.05, 0.1) is 0 Å². The molecule has 0 radical (unpaired) electrons. The highest BCUT2D eigenvalue weighted by Crippen LogP contribution is 2.25. The molecule has 1 unspecified atom stereocenters. The first-order valence-electron chi connectivity index (χ1n) is 13.7. The predicted octanol–water partition coefficient (Wildman–Crippen LogP) is 5.81. The molecular formula is C29H47N3O4. The molecule has 0 saturated heterocycles. The van der Waals surface area contributed by atoms with Gasteiger partial charge in [0.1, 0.15) is 18.2 Å². The molecule has 202 valence electrons. The number of ether oxygens (including phenoxy) is 1. The molecule has 0 bridgehead atoms. The minimum absolute atomic E-state index is 0.139. The van der Waals surface area contributed by atoms with E-state index in [0.29, 0.717) is 6.54 Å². The van der Waals surface area contributed by atoms with Crippen LogP contribution in [0.4, 0.5) is 4.79 Å². The van der Waals surface area contributed by atoms with E-state index in [4.69, 9.17) is 4.74 Å². The first-order chi connectivity index (χ1) is 17.1. The molecule has 3 amide bonds. The van der Waals surface area contributed by atoms with Crippen LogP contribution in [0.1, 0.15) is 109 Å². The molecule has 1 atom stereocenters. The van der Waals surface area contributed by atoms with Gasteiger partial charge in [0, 0.05) is 12.6 Å². The van der Waals surface area contributed by atoms with E-state index in [9.17, 15) is 14.4 Å². The lowest BCUT2D eigenvalue weighted by atomic mass is 9.94. The molecule has 1 aromatic rings. The summed E-state index contributed by atoms with van der Waals surface area (Å²) in [4.78, 5) is 41.1. The molecule has 2 N–H and O–H groups in total. The molecule has 0 aromatic heterocycles. The Morgan fingerprint density at radius 2 is 1.75 bits per heavy atom. The van der Waals surface area contributed by atoms with E-state index in [0.717, 1.165) is 68.9 Å². The molecule has 2 rings (SSSR count). The van der Waals surface area contributed by atoms with Crippen LogP contribution in [0.3, 0.4) is 0 Å². The molecule has 1 aliphatic carbocycles. The Hall–Kier alpha value is -2.57. The van der Waals surface area contributed by atoms with Crippen molar-refractivity contribution in [2.24, 2.45) is 0 Å². The number of carbonyl (C=O) groups excluding carboxylic acids is 3. The van der Waals surface area contributed by atoms with Crippen LogP contribution in [0.2, 0.25) is 0 Å². The van der Waals surface area contributed by atoms with Crippen LogP contribution < -0.4 is 10.6 Å². The predicted molar refractivity (Wildman–Crippen MR) is 144 cm³/mol. The molecule has 0 aliphatic heterocycles. The number of nitrogens with zero attached hydrogens (tertiary/aromatic N) is 1. The van der Waals surface area contributed by atoms with Crippen LogP contribution >= 0.6 is 0 Å². The van der Waals surface area contributed by atoms with Gasteiger partial charge in [-0.05, 0) is 52.5 Å². The summed E-state index contributed by atoms with van der Waals surface area (Å²) >= 11 is 0. The number of nitrogens with one attached hydrogen (secondary N) is 2. The van der Waals surface area contributed by atoms with Crippen LogP contribution in [0.15, 0.2) is 24.3 Å². The highest BCUT2D eigenvalue weighted by Gasteiger charge is 2.33. The SMILES string of the molecule is CCCCCCCN(C(=O)CNC(=O)OC(C)(C)C)C(C(=O)NC1CCCCC1)c1cccc(C)c1. The lowest BCUT2D eigenvalue weighted by Gasteiger charge is -2.34. The fraction of sp³-hybridized carbons (Fsp3) is 0.690. The van der Waals surface area contributed by atoms with Gasteiger partial charge in [0.15, 0.2) is 0 Å². The third-order valence-electron chi connectivity index (χ3n) is 6.48. The lowest BCUT2D eigenvalue weighted by molar-refractivity contribution is -0.140. The number of aryl methyl sites for hydroxylation is 1. The highest BCUT2D eigenvalue weighted by molar-refractivity contribution is 5.90. The van der Waals surface area contributed by atoms with Crippen molar-refractivity contribution in [2.45, 2.75) is 117 Å². The van der Waals surface area contributed by atoms with Crippen molar-refractivity contribution in [3.63, 3.8) is 0 Å². The zero-order valence-electron chi connectivity index (χ0n) is 23.0. The van der Waals surface area contributed by atoms with Gasteiger partial charge in [-0.1, -0.05) is 81.7 Å². The van der Waals surface area contributed by atoms with E-state index in [1.165, 1.54) is 6.42 Å². The maximum atomic E-state index is 13.7. The second kappa shape index (κ2) is 14.9. The van der Waals surface area contributed by atoms with Crippen molar-refractivity contribution in [3.05, 3.63) is 35.4 Å².